The number of hydrogen-bond acceptors (Lipinski definition) is 4. The average molecular weight is 442 g/mol. The third-order valence-electron chi connectivity index (χ3n) is 5.31. The number of aryl methyl sites for hydroxylation is 1. The Bertz CT molecular complexity index is 1460. The van der Waals surface area contributed by atoms with Gasteiger partial charge in [-0.15, -0.1) is 0 Å². The Morgan fingerprint density at radius 2 is 1.97 bits per heavy atom. The van der Waals surface area contributed by atoms with Gasteiger partial charge in [0.2, 0.25) is 0 Å². The second-order valence-corrected chi connectivity index (χ2v) is 8.18. The van der Waals surface area contributed by atoms with E-state index >= 15 is 0 Å². The molecule has 0 saturated carbocycles. The van der Waals surface area contributed by atoms with Crippen molar-refractivity contribution in [2.45, 2.75) is 19.9 Å². The fourth-order valence-electron chi connectivity index (χ4n) is 3.71. The van der Waals surface area contributed by atoms with Crippen molar-refractivity contribution in [2.75, 3.05) is 0 Å². The Labute approximate surface area is 189 Å². The number of hydrogen-bond donors (Lipinski definition) is 2. The number of pyridine rings is 3. The van der Waals surface area contributed by atoms with Crippen LogP contribution < -0.4 is 5.32 Å². The van der Waals surface area contributed by atoms with Gasteiger partial charge in [-0.05, 0) is 60.5 Å². The molecule has 1 amide bonds. The minimum atomic E-state index is -0.172. The quantitative estimate of drug-likeness (QED) is 0.402. The van der Waals surface area contributed by atoms with Crippen LogP contribution in [0.4, 0.5) is 0 Å². The number of aromatic nitrogens is 4. The maximum atomic E-state index is 12.7. The van der Waals surface area contributed by atoms with Crippen LogP contribution in [0.5, 0.6) is 0 Å². The van der Waals surface area contributed by atoms with E-state index in [1.54, 1.807) is 18.5 Å². The van der Waals surface area contributed by atoms with Crippen molar-refractivity contribution in [3.63, 3.8) is 0 Å². The Morgan fingerprint density at radius 3 is 2.88 bits per heavy atom. The number of benzene rings is 1. The molecule has 0 unspecified atom stereocenters. The minimum absolute atomic E-state index is 0.172. The van der Waals surface area contributed by atoms with Crippen LogP contribution in [-0.2, 0) is 13.0 Å². The third kappa shape index (κ3) is 4.18. The molecule has 0 atom stereocenters. The molecule has 6 nitrogen and oxygen atoms in total. The summed E-state index contributed by atoms with van der Waals surface area (Å²) in [6.45, 7) is 2.34. The highest BCUT2D eigenvalue weighted by molar-refractivity contribution is 6.35. The number of fused-ring (bicyclic) bond motifs is 2. The fourth-order valence-corrected chi connectivity index (χ4v) is 3.90. The summed E-state index contributed by atoms with van der Waals surface area (Å²) < 4.78 is 0. The van der Waals surface area contributed by atoms with Crippen LogP contribution in [0, 0.1) is 6.92 Å². The van der Waals surface area contributed by atoms with Gasteiger partial charge in [0.05, 0.1) is 28.3 Å². The van der Waals surface area contributed by atoms with Gasteiger partial charge in [0.15, 0.2) is 0 Å². The van der Waals surface area contributed by atoms with Gasteiger partial charge in [-0.2, -0.15) is 0 Å². The molecule has 5 aromatic rings. The van der Waals surface area contributed by atoms with E-state index in [-0.39, 0.29) is 5.91 Å². The Balaban J connectivity index is 1.29. The molecular formula is C25H20ClN5O. The molecular weight excluding hydrogens is 422 g/mol. The van der Waals surface area contributed by atoms with E-state index in [1.165, 1.54) is 0 Å². The summed E-state index contributed by atoms with van der Waals surface area (Å²) in [7, 11) is 0. The van der Waals surface area contributed by atoms with Gasteiger partial charge in [-0.1, -0.05) is 17.7 Å². The van der Waals surface area contributed by atoms with Gasteiger partial charge in [0, 0.05) is 41.7 Å². The van der Waals surface area contributed by atoms with E-state index in [0.29, 0.717) is 29.1 Å². The van der Waals surface area contributed by atoms with Crippen LogP contribution in [0.1, 0.15) is 32.9 Å². The second-order valence-electron chi connectivity index (χ2n) is 7.77. The Hall–Kier alpha value is -3.77. The lowest BCUT2D eigenvalue weighted by atomic mass is 10.0. The molecule has 0 aliphatic rings. The lowest BCUT2D eigenvalue weighted by Crippen LogP contribution is -2.23. The number of nitrogens with zero attached hydrogens (tertiary/aromatic N) is 3. The summed E-state index contributed by atoms with van der Waals surface area (Å²) >= 11 is 6.14. The first-order chi connectivity index (χ1) is 15.5. The standard InChI is InChI=1S/C25H20ClN5O/c1-15-8-18-9-16(2-4-22(18)28-12-15)10-20-11-17(6-7-27-20)25(32)30-13-19-3-5-23-24(31-19)21(26)14-29-23/h2-9,11-12,14,29H,10,13H2,1H3,(H,30,32). The minimum Gasteiger partial charge on any atom is -0.358 e. The zero-order chi connectivity index (χ0) is 22.1. The molecule has 0 saturated heterocycles. The van der Waals surface area contributed by atoms with E-state index in [0.717, 1.165) is 38.9 Å². The van der Waals surface area contributed by atoms with Gasteiger partial charge in [-0.3, -0.25) is 14.8 Å². The molecule has 0 fully saturated rings. The van der Waals surface area contributed by atoms with Crippen LogP contribution >= 0.6 is 11.6 Å². The maximum absolute atomic E-state index is 12.7. The van der Waals surface area contributed by atoms with Gasteiger partial charge < -0.3 is 10.3 Å². The molecule has 32 heavy (non-hydrogen) atoms. The topological polar surface area (TPSA) is 83.6 Å². The number of rotatable bonds is 5. The van der Waals surface area contributed by atoms with E-state index in [2.05, 4.69) is 37.4 Å². The number of H-pyrrole nitrogens is 1. The molecule has 158 valence electrons. The molecule has 1 aromatic carbocycles. The van der Waals surface area contributed by atoms with Crippen LogP contribution in [-0.4, -0.2) is 25.8 Å². The van der Waals surface area contributed by atoms with Crippen LogP contribution in [0.2, 0.25) is 5.02 Å². The molecule has 0 aliphatic heterocycles. The molecule has 0 aliphatic carbocycles. The van der Waals surface area contributed by atoms with Crippen LogP contribution in [0.25, 0.3) is 21.9 Å². The highest BCUT2D eigenvalue weighted by Crippen LogP contribution is 2.21. The first kappa shape index (κ1) is 20.2. The molecule has 0 spiro atoms. The van der Waals surface area contributed by atoms with Crippen molar-refractivity contribution < 1.29 is 4.79 Å². The fraction of sp³-hybridized carbons (Fsp3) is 0.120. The van der Waals surface area contributed by atoms with Crippen molar-refractivity contribution in [1.82, 2.24) is 25.3 Å². The summed E-state index contributed by atoms with van der Waals surface area (Å²) in [5.74, 6) is -0.172. The van der Waals surface area contributed by atoms with Crippen LogP contribution in [0.3, 0.4) is 0 Å². The first-order valence-corrected chi connectivity index (χ1v) is 10.6. The monoisotopic (exact) mass is 441 g/mol. The van der Waals surface area contributed by atoms with E-state index in [1.807, 2.05) is 43.5 Å². The SMILES string of the molecule is Cc1cnc2ccc(Cc3cc(C(=O)NCc4ccc5[nH]cc(Cl)c5n4)ccn3)cc2c1. The summed E-state index contributed by atoms with van der Waals surface area (Å²) in [6, 6.07) is 15.6. The van der Waals surface area contributed by atoms with Gasteiger partial charge >= 0.3 is 0 Å². The maximum Gasteiger partial charge on any atom is 0.251 e. The number of nitrogens with one attached hydrogen (secondary N) is 2. The van der Waals surface area contributed by atoms with E-state index in [4.69, 9.17) is 11.6 Å². The van der Waals surface area contributed by atoms with Gasteiger partial charge in [-0.25, -0.2) is 4.98 Å². The Kier molecular flexibility index (Phi) is 5.29. The molecule has 2 N–H and O–H groups in total. The molecule has 0 radical (unpaired) electrons. The highest BCUT2D eigenvalue weighted by atomic mass is 35.5. The average Bonchev–Trinajstić information content (AvgIpc) is 3.17. The van der Waals surface area contributed by atoms with E-state index in [9.17, 15) is 4.79 Å². The molecule has 4 aromatic heterocycles. The van der Waals surface area contributed by atoms with Crippen molar-refractivity contribution in [2.24, 2.45) is 0 Å². The predicted octanol–water partition coefficient (Wildman–Crippen LogP) is 4.99. The van der Waals surface area contributed by atoms with Crippen molar-refractivity contribution >= 4 is 39.4 Å². The summed E-state index contributed by atoms with van der Waals surface area (Å²) in [5, 5.41) is 4.58. The number of amides is 1. The van der Waals surface area contributed by atoms with Crippen LogP contribution in [0.15, 0.2) is 67.1 Å². The number of carbonyl (C=O) groups is 1. The van der Waals surface area contributed by atoms with E-state index < -0.39 is 0 Å². The molecule has 7 heteroatoms. The van der Waals surface area contributed by atoms with Crippen molar-refractivity contribution in [3.05, 3.63) is 100 Å². The lowest BCUT2D eigenvalue weighted by molar-refractivity contribution is 0.0950. The largest absolute Gasteiger partial charge is 0.358 e. The molecule has 4 heterocycles. The summed E-state index contributed by atoms with van der Waals surface area (Å²) in [6.07, 6.45) is 5.87. The highest BCUT2D eigenvalue weighted by Gasteiger charge is 2.10. The smallest absolute Gasteiger partial charge is 0.251 e. The third-order valence-corrected chi connectivity index (χ3v) is 5.60. The van der Waals surface area contributed by atoms with Crippen molar-refractivity contribution in [1.29, 1.82) is 0 Å². The number of halogens is 1. The first-order valence-electron chi connectivity index (χ1n) is 10.3. The number of aromatic amines is 1. The molecule has 5 rings (SSSR count). The van der Waals surface area contributed by atoms with Gasteiger partial charge in [0.1, 0.15) is 5.52 Å². The Morgan fingerprint density at radius 1 is 1.06 bits per heavy atom. The molecule has 0 bridgehead atoms. The van der Waals surface area contributed by atoms with Crippen molar-refractivity contribution in [3.8, 4) is 0 Å². The second kappa shape index (κ2) is 8.40. The summed E-state index contributed by atoms with van der Waals surface area (Å²) in [5.41, 5.74) is 6.91. The predicted molar refractivity (Wildman–Crippen MR) is 126 cm³/mol. The lowest BCUT2D eigenvalue weighted by Gasteiger charge is -2.08. The summed E-state index contributed by atoms with van der Waals surface area (Å²) in [4.78, 5) is 29.2. The normalized spacial score (nSPS) is 11.2. The zero-order valence-electron chi connectivity index (χ0n) is 17.4. The van der Waals surface area contributed by atoms with Gasteiger partial charge in [0.25, 0.3) is 5.91 Å². The number of carbonyl (C=O) groups excluding carboxylic acids is 1. The zero-order valence-corrected chi connectivity index (χ0v) is 18.1.